The molecule has 0 aromatic carbocycles. The number of carboxylic acids is 1. The smallest absolute Gasteiger partial charge is 0.309 e. The highest BCUT2D eigenvalue weighted by Crippen LogP contribution is 2.19. The summed E-state index contributed by atoms with van der Waals surface area (Å²) in [6, 6.07) is 0.492. The number of hydrogen-bond donors (Lipinski definition) is 3. The van der Waals surface area contributed by atoms with Crippen LogP contribution < -0.4 is 10.9 Å². The number of aromatic nitrogens is 2. The Hall–Kier alpha value is -1.53. The monoisotopic (exact) mass is 222 g/mol. The molecular formula is C10H14N4O2. The number of carboxylic acid groups (broad SMARTS) is 1. The van der Waals surface area contributed by atoms with Gasteiger partial charge >= 0.3 is 5.97 Å². The van der Waals surface area contributed by atoms with Gasteiger partial charge in [0.2, 0.25) is 0 Å². The molecule has 1 aliphatic rings. The molecule has 0 aliphatic carbocycles. The number of nitrogens with zero attached hydrogens (tertiary/aromatic N) is 2. The van der Waals surface area contributed by atoms with E-state index in [2.05, 4.69) is 27.7 Å². The minimum absolute atomic E-state index is 0.0868. The molecule has 6 heteroatoms. The van der Waals surface area contributed by atoms with Gasteiger partial charge in [-0.15, -0.1) is 0 Å². The van der Waals surface area contributed by atoms with Crippen molar-refractivity contribution in [1.29, 1.82) is 0 Å². The Morgan fingerprint density at radius 1 is 1.56 bits per heavy atom. The minimum atomic E-state index is -0.891. The molecule has 1 aromatic heterocycles. The Bertz CT molecular complexity index is 396. The molecule has 1 aromatic rings. The second-order valence-corrected chi connectivity index (χ2v) is 3.98. The molecule has 2 unspecified atom stereocenters. The van der Waals surface area contributed by atoms with Crippen molar-refractivity contribution in [2.45, 2.75) is 31.8 Å². The topological polar surface area (TPSA) is 87.1 Å². The first kappa shape index (κ1) is 11.0. The maximum Gasteiger partial charge on any atom is 0.309 e. The third-order valence-corrected chi connectivity index (χ3v) is 2.49. The zero-order valence-corrected chi connectivity index (χ0v) is 8.97. The van der Waals surface area contributed by atoms with Crippen molar-refractivity contribution >= 4 is 5.97 Å². The fourth-order valence-corrected chi connectivity index (χ4v) is 1.74. The number of hydrazine groups is 1. The number of rotatable bonds is 3. The lowest BCUT2D eigenvalue weighted by Gasteiger charge is -2.08. The van der Waals surface area contributed by atoms with Gasteiger partial charge in [-0.3, -0.25) is 20.2 Å². The highest BCUT2D eigenvalue weighted by Gasteiger charge is 2.23. The molecule has 6 nitrogen and oxygen atoms in total. The molecule has 1 aliphatic heterocycles. The van der Waals surface area contributed by atoms with Crippen molar-refractivity contribution in [3.05, 3.63) is 23.8 Å². The summed E-state index contributed by atoms with van der Waals surface area (Å²) < 4.78 is 0. The average molecular weight is 222 g/mol. The molecule has 0 bridgehead atoms. The van der Waals surface area contributed by atoms with Crippen LogP contribution in [0.25, 0.3) is 0 Å². The van der Waals surface area contributed by atoms with Gasteiger partial charge in [-0.1, -0.05) is 0 Å². The summed E-state index contributed by atoms with van der Waals surface area (Å²) in [5.41, 5.74) is 7.48. The third kappa shape index (κ3) is 2.53. The van der Waals surface area contributed by atoms with E-state index in [0.29, 0.717) is 11.7 Å². The number of aliphatic carboxylic acids is 1. The van der Waals surface area contributed by atoms with Gasteiger partial charge < -0.3 is 5.11 Å². The van der Waals surface area contributed by atoms with Crippen LogP contribution in [-0.4, -0.2) is 27.1 Å². The Kier molecular flexibility index (Phi) is 3.12. The summed E-state index contributed by atoms with van der Waals surface area (Å²) in [4.78, 5) is 18.9. The summed E-state index contributed by atoms with van der Waals surface area (Å²) >= 11 is 0. The van der Waals surface area contributed by atoms with E-state index < -0.39 is 5.97 Å². The number of carbonyl (C=O) groups is 1. The minimum Gasteiger partial charge on any atom is -0.481 e. The summed E-state index contributed by atoms with van der Waals surface area (Å²) in [6.45, 7) is 2.07. The zero-order valence-electron chi connectivity index (χ0n) is 8.97. The van der Waals surface area contributed by atoms with Gasteiger partial charge in [-0.2, -0.15) is 0 Å². The molecule has 86 valence electrons. The Balaban J connectivity index is 2.12. The van der Waals surface area contributed by atoms with Gasteiger partial charge in [0.05, 0.1) is 30.0 Å². The van der Waals surface area contributed by atoms with E-state index in [1.807, 2.05) is 0 Å². The first-order valence-electron chi connectivity index (χ1n) is 5.19. The normalized spacial score (nSPS) is 24.6. The Morgan fingerprint density at radius 2 is 2.38 bits per heavy atom. The van der Waals surface area contributed by atoms with Crippen molar-refractivity contribution < 1.29 is 9.90 Å². The van der Waals surface area contributed by atoms with Gasteiger partial charge in [0.15, 0.2) is 0 Å². The molecule has 16 heavy (non-hydrogen) atoms. The van der Waals surface area contributed by atoms with E-state index in [-0.39, 0.29) is 12.5 Å². The van der Waals surface area contributed by atoms with Crippen molar-refractivity contribution in [2.24, 2.45) is 0 Å². The van der Waals surface area contributed by atoms with Crippen molar-refractivity contribution in [3.63, 3.8) is 0 Å². The van der Waals surface area contributed by atoms with Crippen LogP contribution in [0.2, 0.25) is 0 Å². The summed E-state index contributed by atoms with van der Waals surface area (Å²) in [6.07, 6.45) is 3.99. The fourth-order valence-electron chi connectivity index (χ4n) is 1.74. The molecular weight excluding hydrogens is 208 g/mol. The second-order valence-electron chi connectivity index (χ2n) is 3.98. The highest BCUT2D eigenvalue weighted by molar-refractivity contribution is 5.69. The summed E-state index contributed by atoms with van der Waals surface area (Å²) in [5, 5.41) is 8.67. The van der Waals surface area contributed by atoms with Crippen LogP contribution in [0.4, 0.5) is 0 Å². The van der Waals surface area contributed by atoms with E-state index >= 15 is 0 Å². The largest absolute Gasteiger partial charge is 0.481 e. The average Bonchev–Trinajstić information content (AvgIpc) is 2.64. The molecule has 1 fully saturated rings. The maximum absolute atomic E-state index is 10.6. The molecule has 2 atom stereocenters. The van der Waals surface area contributed by atoms with Gasteiger partial charge in [0, 0.05) is 12.2 Å². The molecule has 0 radical (unpaired) electrons. The second kappa shape index (κ2) is 4.54. The van der Waals surface area contributed by atoms with E-state index in [1.54, 1.807) is 6.20 Å². The lowest BCUT2D eigenvalue weighted by atomic mass is 10.1. The lowest BCUT2D eigenvalue weighted by molar-refractivity contribution is -0.136. The van der Waals surface area contributed by atoms with Crippen LogP contribution >= 0.6 is 0 Å². The Labute approximate surface area is 93.1 Å². The predicted octanol–water partition coefficient (Wildman–Crippen LogP) is 0.0312. The van der Waals surface area contributed by atoms with Gasteiger partial charge in [-0.25, -0.2) is 5.43 Å². The maximum atomic E-state index is 10.6. The molecule has 2 rings (SSSR count). The standard InChI is InChI=1S/C10H14N4O2/c1-6-2-8(14-13-6)9-5-11-4-7(12-9)3-10(15)16/h4-6,8,13-14H,2-3H2,1H3,(H,15,16). The lowest BCUT2D eigenvalue weighted by Crippen LogP contribution is -2.29. The van der Waals surface area contributed by atoms with Gasteiger partial charge in [-0.05, 0) is 13.3 Å². The molecule has 0 amide bonds. The Morgan fingerprint density at radius 3 is 3.00 bits per heavy atom. The van der Waals surface area contributed by atoms with Crippen LogP contribution in [-0.2, 0) is 11.2 Å². The molecule has 0 spiro atoms. The fraction of sp³-hybridized carbons (Fsp3) is 0.500. The summed E-state index contributed by atoms with van der Waals surface area (Å²) in [7, 11) is 0. The van der Waals surface area contributed by atoms with E-state index in [0.717, 1.165) is 12.1 Å². The highest BCUT2D eigenvalue weighted by atomic mass is 16.4. The van der Waals surface area contributed by atoms with Crippen LogP contribution in [0.15, 0.2) is 12.4 Å². The SMILES string of the molecule is CC1CC(c2cncc(CC(=O)O)n2)NN1. The molecule has 1 saturated heterocycles. The van der Waals surface area contributed by atoms with Crippen LogP contribution in [0.5, 0.6) is 0 Å². The number of nitrogens with one attached hydrogen (secondary N) is 2. The van der Waals surface area contributed by atoms with Crippen LogP contribution in [0, 0.1) is 0 Å². The first-order chi connectivity index (χ1) is 7.65. The third-order valence-electron chi connectivity index (χ3n) is 2.49. The van der Waals surface area contributed by atoms with E-state index in [9.17, 15) is 4.79 Å². The van der Waals surface area contributed by atoms with E-state index in [4.69, 9.17) is 5.11 Å². The predicted molar refractivity (Wildman–Crippen MR) is 56.5 cm³/mol. The molecule has 2 heterocycles. The quantitative estimate of drug-likeness (QED) is 0.669. The first-order valence-corrected chi connectivity index (χ1v) is 5.19. The van der Waals surface area contributed by atoms with Crippen LogP contribution in [0.1, 0.15) is 30.8 Å². The zero-order chi connectivity index (χ0) is 11.5. The van der Waals surface area contributed by atoms with E-state index in [1.165, 1.54) is 6.20 Å². The van der Waals surface area contributed by atoms with Crippen molar-refractivity contribution in [2.75, 3.05) is 0 Å². The molecule has 3 N–H and O–H groups in total. The van der Waals surface area contributed by atoms with Crippen LogP contribution in [0.3, 0.4) is 0 Å². The van der Waals surface area contributed by atoms with Crippen molar-refractivity contribution in [1.82, 2.24) is 20.8 Å². The van der Waals surface area contributed by atoms with Crippen molar-refractivity contribution in [3.8, 4) is 0 Å². The summed E-state index contributed by atoms with van der Waals surface area (Å²) in [5.74, 6) is -0.891. The van der Waals surface area contributed by atoms with Gasteiger partial charge in [0.25, 0.3) is 0 Å². The molecule has 0 saturated carbocycles. The van der Waals surface area contributed by atoms with Gasteiger partial charge in [0.1, 0.15) is 0 Å². The number of hydrogen-bond acceptors (Lipinski definition) is 5.